The first-order chi connectivity index (χ1) is 22.5. The minimum Gasteiger partial charge on any atom is -0.466 e. The summed E-state index contributed by atoms with van der Waals surface area (Å²) in [6.07, 6.45) is -0.911. The highest BCUT2D eigenvalue weighted by Crippen LogP contribution is 2.39. The Balaban J connectivity index is 1.39. The highest BCUT2D eigenvalue weighted by molar-refractivity contribution is 7.12. The number of anilines is 1. The molecule has 0 aliphatic carbocycles. The van der Waals surface area contributed by atoms with Crippen molar-refractivity contribution in [1.82, 2.24) is 24.8 Å². The van der Waals surface area contributed by atoms with Crippen LogP contribution in [-0.2, 0) is 33.4 Å². The fraction of sp³-hybridized carbons (Fsp3) is 0.562. The van der Waals surface area contributed by atoms with Crippen molar-refractivity contribution in [2.24, 2.45) is 0 Å². The zero-order valence-electron chi connectivity index (χ0n) is 26.7. The Hall–Kier alpha value is -2.91. The fourth-order valence-electron chi connectivity index (χ4n) is 6.19. The minimum atomic E-state index is -4.62. The average Bonchev–Trinajstić information content (AvgIpc) is 3.62. The SMILES string of the molecule is CCOC(=O)CCN1CCN(c2ncnc(Cc3nc(-c4ccc(Cl)c(C(F)(F)F)c4)c(CN4CCC[C@H]4C)s3)c2F)C[C@H]1COC. The van der Waals surface area contributed by atoms with Crippen LogP contribution in [0.1, 0.15) is 54.3 Å². The van der Waals surface area contributed by atoms with Gasteiger partial charge in [-0.1, -0.05) is 17.7 Å². The molecule has 0 radical (unpaired) electrons. The van der Waals surface area contributed by atoms with Gasteiger partial charge in [0.1, 0.15) is 6.33 Å². The summed E-state index contributed by atoms with van der Waals surface area (Å²) < 4.78 is 67.8. The smallest absolute Gasteiger partial charge is 0.417 e. The highest BCUT2D eigenvalue weighted by atomic mass is 35.5. The molecule has 2 aliphatic heterocycles. The molecule has 0 saturated carbocycles. The van der Waals surface area contributed by atoms with Crippen LogP contribution in [0.4, 0.5) is 23.4 Å². The molecule has 47 heavy (non-hydrogen) atoms. The third-order valence-corrected chi connectivity index (χ3v) is 10.0. The van der Waals surface area contributed by atoms with Crippen LogP contribution in [0.5, 0.6) is 0 Å². The molecule has 2 aromatic heterocycles. The summed E-state index contributed by atoms with van der Waals surface area (Å²) in [4.78, 5) is 32.3. The van der Waals surface area contributed by atoms with Crippen molar-refractivity contribution < 1.29 is 31.8 Å². The molecule has 256 valence electrons. The van der Waals surface area contributed by atoms with Crippen LogP contribution in [0, 0.1) is 5.82 Å². The van der Waals surface area contributed by atoms with Gasteiger partial charge in [0.2, 0.25) is 0 Å². The number of hydrogen-bond acceptors (Lipinski definition) is 10. The number of piperazine rings is 1. The van der Waals surface area contributed by atoms with Crippen LogP contribution in [0.15, 0.2) is 24.5 Å². The van der Waals surface area contributed by atoms with Gasteiger partial charge in [0.05, 0.1) is 52.7 Å². The van der Waals surface area contributed by atoms with Crippen LogP contribution in [0.25, 0.3) is 11.3 Å². The molecular formula is C32H39ClF4N6O3S. The standard InChI is InChI=1S/C32H39ClF4N6O3S/c1-4-46-28(44)9-11-41-12-13-43(16-22(41)18-45-3)31-29(34)25(38-19-39-31)15-27-40-30(26(47-27)17-42-10-5-6-20(42)2)21-7-8-24(33)23(14-21)32(35,36)37/h7-8,14,19-20,22H,4-6,9-13,15-18H2,1-3H3/t20-,22+/m1/s1. The Labute approximate surface area is 280 Å². The Kier molecular flexibility index (Phi) is 11.7. The van der Waals surface area contributed by atoms with Crippen molar-refractivity contribution >= 4 is 34.7 Å². The number of esters is 1. The molecule has 2 fully saturated rings. The van der Waals surface area contributed by atoms with Gasteiger partial charge in [-0.25, -0.2) is 19.3 Å². The Morgan fingerprint density at radius 2 is 1.98 bits per heavy atom. The first-order valence-electron chi connectivity index (χ1n) is 15.7. The Bertz CT molecular complexity index is 1540. The summed E-state index contributed by atoms with van der Waals surface area (Å²) >= 11 is 7.27. The number of aromatic nitrogens is 3. The zero-order valence-corrected chi connectivity index (χ0v) is 28.2. The van der Waals surface area contributed by atoms with Gasteiger partial charge in [-0.05, 0) is 45.4 Å². The van der Waals surface area contributed by atoms with Gasteiger partial charge in [-0.15, -0.1) is 11.3 Å². The van der Waals surface area contributed by atoms with E-state index in [0.29, 0.717) is 68.2 Å². The van der Waals surface area contributed by atoms with E-state index in [1.165, 1.54) is 23.7 Å². The van der Waals surface area contributed by atoms with E-state index >= 15 is 4.39 Å². The van der Waals surface area contributed by atoms with Crippen molar-refractivity contribution in [3.05, 3.63) is 56.5 Å². The largest absolute Gasteiger partial charge is 0.466 e. The maximum Gasteiger partial charge on any atom is 0.417 e. The number of thiazole rings is 1. The van der Waals surface area contributed by atoms with Crippen molar-refractivity contribution in [3.63, 3.8) is 0 Å². The van der Waals surface area contributed by atoms with Crippen LogP contribution in [-0.4, -0.2) is 95.9 Å². The molecule has 0 N–H and O–H groups in total. The number of alkyl halides is 3. The van der Waals surface area contributed by atoms with E-state index < -0.39 is 17.6 Å². The summed E-state index contributed by atoms with van der Waals surface area (Å²) in [7, 11) is 1.60. The summed E-state index contributed by atoms with van der Waals surface area (Å²) in [6.45, 7) is 8.00. The Morgan fingerprint density at radius 1 is 1.17 bits per heavy atom. The number of likely N-dealkylation sites (tertiary alicyclic amines) is 1. The maximum absolute atomic E-state index is 16.1. The Morgan fingerprint density at radius 3 is 2.68 bits per heavy atom. The lowest BCUT2D eigenvalue weighted by molar-refractivity contribution is -0.143. The molecule has 2 saturated heterocycles. The van der Waals surface area contributed by atoms with E-state index in [-0.39, 0.29) is 41.4 Å². The van der Waals surface area contributed by atoms with Crippen LogP contribution in [0.2, 0.25) is 5.02 Å². The first kappa shape index (κ1) is 35.4. The quantitative estimate of drug-likeness (QED) is 0.165. The lowest BCUT2D eigenvalue weighted by atomic mass is 10.1. The van der Waals surface area contributed by atoms with Gasteiger partial charge in [0, 0.05) is 62.7 Å². The summed E-state index contributed by atoms with van der Waals surface area (Å²) in [6, 6.07) is 4.05. The normalized spacial score (nSPS) is 19.4. The predicted molar refractivity (Wildman–Crippen MR) is 172 cm³/mol. The second-order valence-electron chi connectivity index (χ2n) is 11.8. The lowest BCUT2D eigenvalue weighted by Gasteiger charge is -2.41. The second kappa shape index (κ2) is 15.5. The third kappa shape index (κ3) is 8.58. The third-order valence-electron chi connectivity index (χ3n) is 8.66. The summed E-state index contributed by atoms with van der Waals surface area (Å²) in [5.41, 5.74) is -0.0373. The molecular weight excluding hydrogens is 660 g/mol. The molecule has 3 aromatic rings. The van der Waals surface area contributed by atoms with E-state index in [2.05, 4.69) is 26.7 Å². The van der Waals surface area contributed by atoms with Gasteiger partial charge in [-0.3, -0.25) is 14.6 Å². The average molecular weight is 699 g/mol. The number of hydrogen-bond donors (Lipinski definition) is 0. The monoisotopic (exact) mass is 698 g/mol. The van der Waals surface area contributed by atoms with Crippen molar-refractivity contribution in [3.8, 4) is 11.3 Å². The van der Waals surface area contributed by atoms with Crippen LogP contribution < -0.4 is 4.90 Å². The van der Waals surface area contributed by atoms with E-state index in [4.69, 9.17) is 26.1 Å². The number of ether oxygens (including phenoxy) is 2. The number of carbonyl (C=O) groups is 1. The molecule has 0 spiro atoms. The number of carbonyl (C=O) groups excluding carboxylic acids is 1. The zero-order chi connectivity index (χ0) is 33.7. The van der Waals surface area contributed by atoms with E-state index in [1.807, 2.05) is 4.90 Å². The van der Waals surface area contributed by atoms with Gasteiger partial charge in [0.25, 0.3) is 0 Å². The van der Waals surface area contributed by atoms with Crippen LogP contribution >= 0.6 is 22.9 Å². The molecule has 0 amide bonds. The molecule has 4 heterocycles. The van der Waals surface area contributed by atoms with E-state index in [1.54, 1.807) is 20.1 Å². The first-order valence-corrected chi connectivity index (χ1v) is 16.9. The van der Waals surface area contributed by atoms with Crippen molar-refractivity contribution in [2.75, 3.05) is 57.9 Å². The summed E-state index contributed by atoms with van der Waals surface area (Å²) in [5, 5.41) is 0.157. The van der Waals surface area contributed by atoms with Gasteiger partial charge in [-0.2, -0.15) is 13.2 Å². The van der Waals surface area contributed by atoms with Gasteiger partial charge in [0.15, 0.2) is 11.6 Å². The number of benzene rings is 1. The van der Waals surface area contributed by atoms with Gasteiger partial charge < -0.3 is 14.4 Å². The molecule has 0 unspecified atom stereocenters. The number of nitrogens with zero attached hydrogens (tertiary/aromatic N) is 6. The molecule has 0 bridgehead atoms. The van der Waals surface area contributed by atoms with E-state index in [0.717, 1.165) is 30.3 Å². The molecule has 9 nitrogen and oxygen atoms in total. The van der Waals surface area contributed by atoms with Gasteiger partial charge >= 0.3 is 12.1 Å². The fourth-order valence-corrected chi connectivity index (χ4v) is 7.54. The lowest BCUT2D eigenvalue weighted by Crippen LogP contribution is -2.55. The molecule has 2 atom stereocenters. The molecule has 5 rings (SSSR count). The molecule has 1 aromatic carbocycles. The number of rotatable bonds is 12. The van der Waals surface area contributed by atoms with Crippen molar-refractivity contribution in [1.29, 1.82) is 0 Å². The van der Waals surface area contributed by atoms with Crippen LogP contribution in [0.3, 0.4) is 0 Å². The van der Waals surface area contributed by atoms with Crippen molar-refractivity contribution in [2.45, 2.75) is 64.3 Å². The maximum atomic E-state index is 16.1. The predicted octanol–water partition coefficient (Wildman–Crippen LogP) is 6.08. The second-order valence-corrected chi connectivity index (χ2v) is 13.4. The molecule has 2 aliphatic rings. The molecule has 15 heteroatoms. The number of halogens is 5. The van der Waals surface area contributed by atoms with E-state index in [9.17, 15) is 18.0 Å². The topological polar surface area (TPSA) is 83.9 Å². The minimum absolute atomic E-state index is 0.0509. The summed E-state index contributed by atoms with van der Waals surface area (Å²) in [5.74, 6) is -0.671. The highest BCUT2D eigenvalue weighted by Gasteiger charge is 2.34. The number of methoxy groups -OCH3 is 1.